The van der Waals surface area contributed by atoms with Crippen LogP contribution in [-0.4, -0.2) is 22.0 Å². The van der Waals surface area contributed by atoms with Gasteiger partial charge in [-0.15, -0.1) is 0 Å². The number of halogens is 1. The summed E-state index contributed by atoms with van der Waals surface area (Å²) < 4.78 is 5.73. The zero-order chi connectivity index (χ0) is 21.1. The molecule has 1 aliphatic rings. The predicted octanol–water partition coefficient (Wildman–Crippen LogP) is 5.12. The summed E-state index contributed by atoms with van der Waals surface area (Å²) in [6, 6.07) is 16.7. The second-order valence-corrected chi connectivity index (χ2v) is 8.18. The highest BCUT2D eigenvalue weighted by Gasteiger charge is 2.37. The molecule has 0 saturated heterocycles. The van der Waals surface area contributed by atoms with Crippen molar-refractivity contribution in [3.05, 3.63) is 76.8 Å². The molecule has 0 bridgehead atoms. The van der Waals surface area contributed by atoms with Crippen LogP contribution in [0, 0.1) is 11.3 Å². The number of rotatable bonds is 5. The summed E-state index contributed by atoms with van der Waals surface area (Å²) in [6.07, 6.45) is 3.87. The number of pyridine rings is 1. The maximum Gasteiger partial charge on any atom is 0.202 e. The van der Waals surface area contributed by atoms with Gasteiger partial charge in [0.25, 0.3) is 0 Å². The number of benzene rings is 1. The van der Waals surface area contributed by atoms with Gasteiger partial charge >= 0.3 is 0 Å². The van der Waals surface area contributed by atoms with E-state index in [1.54, 1.807) is 30.5 Å². The number of hydrogen-bond donors (Lipinski definition) is 1. The Labute approximate surface area is 179 Å². The molecular formula is C24H21ClN2O3. The number of carbonyl (C=O) groups excluding carboxylic acids is 1. The molecule has 4 rings (SSSR count). The average Bonchev–Trinajstić information content (AvgIpc) is 3.26. The molecule has 2 aromatic heterocycles. The van der Waals surface area contributed by atoms with Crippen LogP contribution in [0.2, 0.25) is 5.02 Å². The van der Waals surface area contributed by atoms with Crippen molar-refractivity contribution in [3.63, 3.8) is 0 Å². The first kappa shape index (κ1) is 20.3. The Hall–Kier alpha value is -2.94. The highest BCUT2D eigenvalue weighted by molar-refractivity contribution is 6.30. The Morgan fingerprint density at radius 3 is 2.53 bits per heavy atom. The average molecular weight is 421 g/mol. The van der Waals surface area contributed by atoms with Crippen molar-refractivity contribution in [2.24, 2.45) is 0 Å². The van der Waals surface area contributed by atoms with Crippen LogP contribution >= 0.6 is 11.6 Å². The van der Waals surface area contributed by atoms with E-state index in [1.165, 1.54) is 0 Å². The van der Waals surface area contributed by atoms with E-state index in [2.05, 4.69) is 11.1 Å². The number of aromatic nitrogens is 1. The standard InChI is InChI=1S/C24H21ClN2O3/c25-18-4-2-17(3-5-18)21-6-7-22(30-21)20(29)13-16-1-8-23(27-14-16)24(15-26)11-9-19(28)10-12-24/h1-8,14,19,28H,9-13H2. The van der Waals surface area contributed by atoms with Crippen LogP contribution in [0.1, 0.15) is 47.5 Å². The van der Waals surface area contributed by atoms with Gasteiger partial charge in [0.2, 0.25) is 5.78 Å². The van der Waals surface area contributed by atoms with Crippen molar-refractivity contribution in [1.82, 2.24) is 4.98 Å². The van der Waals surface area contributed by atoms with Crippen molar-refractivity contribution in [1.29, 1.82) is 5.26 Å². The summed E-state index contributed by atoms with van der Waals surface area (Å²) in [6.45, 7) is 0. The zero-order valence-corrected chi connectivity index (χ0v) is 17.1. The molecule has 5 nitrogen and oxygen atoms in total. The minimum Gasteiger partial charge on any atom is -0.453 e. The van der Waals surface area contributed by atoms with Gasteiger partial charge in [0.05, 0.1) is 23.3 Å². The lowest BCUT2D eigenvalue weighted by Gasteiger charge is -2.32. The summed E-state index contributed by atoms with van der Waals surface area (Å²) in [7, 11) is 0. The van der Waals surface area contributed by atoms with E-state index in [-0.39, 0.29) is 18.3 Å². The van der Waals surface area contributed by atoms with E-state index in [1.807, 2.05) is 24.3 Å². The van der Waals surface area contributed by atoms with E-state index >= 15 is 0 Å². The molecule has 1 N–H and O–H groups in total. The molecule has 152 valence electrons. The quantitative estimate of drug-likeness (QED) is 0.579. The second-order valence-electron chi connectivity index (χ2n) is 7.75. The van der Waals surface area contributed by atoms with Gasteiger partial charge in [0.1, 0.15) is 5.76 Å². The zero-order valence-electron chi connectivity index (χ0n) is 16.3. The van der Waals surface area contributed by atoms with Gasteiger partial charge in [0.15, 0.2) is 5.76 Å². The van der Waals surface area contributed by atoms with Gasteiger partial charge in [-0.3, -0.25) is 9.78 Å². The summed E-state index contributed by atoms with van der Waals surface area (Å²) in [5.41, 5.74) is 1.66. The number of hydrogen-bond acceptors (Lipinski definition) is 5. The number of aliphatic hydroxyl groups excluding tert-OH is 1. The Kier molecular flexibility index (Phi) is 5.72. The molecule has 1 aliphatic carbocycles. The Balaban J connectivity index is 1.45. The highest BCUT2D eigenvalue weighted by Crippen LogP contribution is 2.38. The lowest BCUT2D eigenvalue weighted by Crippen LogP contribution is -2.33. The summed E-state index contributed by atoms with van der Waals surface area (Å²) >= 11 is 5.91. The first-order chi connectivity index (χ1) is 14.5. The lowest BCUT2D eigenvalue weighted by molar-refractivity contribution is 0.0966. The molecule has 6 heteroatoms. The Bertz CT molecular complexity index is 1070. The van der Waals surface area contributed by atoms with Gasteiger partial charge in [0, 0.05) is 23.2 Å². The van der Waals surface area contributed by atoms with Crippen molar-refractivity contribution in [3.8, 4) is 17.4 Å². The summed E-state index contributed by atoms with van der Waals surface area (Å²) in [4.78, 5) is 17.1. The van der Waals surface area contributed by atoms with E-state index in [0.717, 1.165) is 11.1 Å². The van der Waals surface area contributed by atoms with Crippen LogP contribution in [0.3, 0.4) is 0 Å². The van der Waals surface area contributed by atoms with Gasteiger partial charge in [-0.05, 0) is 73.7 Å². The third kappa shape index (κ3) is 4.16. The number of carbonyl (C=O) groups is 1. The third-order valence-electron chi connectivity index (χ3n) is 5.71. The fraction of sp³-hybridized carbons (Fsp3) is 0.292. The molecular weight excluding hydrogens is 400 g/mol. The number of aliphatic hydroxyl groups is 1. The minimum atomic E-state index is -0.656. The molecule has 2 heterocycles. The normalized spacial score (nSPS) is 21.2. The van der Waals surface area contributed by atoms with Crippen LogP contribution in [-0.2, 0) is 11.8 Å². The first-order valence-electron chi connectivity index (χ1n) is 9.93. The maximum absolute atomic E-state index is 12.6. The molecule has 1 fully saturated rings. The van der Waals surface area contributed by atoms with Crippen molar-refractivity contribution in [2.45, 2.75) is 43.6 Å². The van der Waals surface area contributed by atoms with E-state index in [9.17, 15) is 15.2 Å². The smallest absolute Gasteiger partial charge is 0.202 e. The number of furan rings is 1. The number of nitrogens with zero attached hydrogens (tertiary/aromatic N) is 2. The molecule has 0 spiro atoms. The lowest BCUT2D eigenvalue weighted by atomic mass is 9.72. The fourth-order valence-electron chi connectivity index (χ4n) is 3.86. The largest absolute Gasteiger partial charge is 0.453 e. The van der Waals surface area contributed by atoms with Crippen molar-refractivity contribution in [2.75, 3.05) is 0 Å². The number of ketones is 1. The van der Waals surface area contributed by atoms with Crippen molar-refractivity contribution < 1.29 is 14.3 Å². The molecule has 0 radical (unpaired) electrons. The topological polar surface area (TPSA) is 87.1 Å². The molecule has 3 aromatic rings. The van der Waals surface area contributed by atoms with Gasteiger partial charge in [-0.1, -0.05) is 17.7 Å². The van der Waals surface area contributed by atoms with E-state index in [0.29, 0.717) is 47.9 Å². The van der Waals surface area contributed by atoms with Crippen molar-refractivity contribution >= 4 is 17.4 Å². The van der Waals surface area contributed by atoms with Crippen LogP contribution in [0.4, 0.5) is 0 Å². The van der Waals surface area contributed by atoms with E-state index in [4.69, 9.17) is 16.0 Å². The van der Waals surface area contributed by atoms with Crippen LogP contribution in [0.15, 0.2) is 59.1 Å². The molecule has 0 amide bonds. The summed E-state index contributed by atoms with van der Waals surface area (Å²) in [5.74, 6) is 0.762. The Morgan fingerprint density at radius 1 is 1.17 bits per heavy atom. The number of nitriles is 1. The molecule has 0 atom stereocenters. The third-order valence-corrected chi connectivity index (χ3v) is 5.96. The molecule has 1 saturated carbocycles. The van der Waals surface area contributed by atoms with Gasteiger partial charge < -0.3 is 9.52 Å². The second kappa shape index (κ2) is 8.43. The molecule has 30 heavy (non-hydrogen) atoms. The van der Waals surface area contributed by atoms with Gasteiger partial charge in [-0.2, -0.15) is 5.26 Å². The van der Waals surface area contributed by atoms with E-state index < -0.39 is 5.41 Å². The maximum atomic E-state index is 12.6. The minimum absolute atomic E-state index is 0.138. The molecule has 1 aromatic carbocycles. The molecule has 0 aliphatic heterocycles. The highest BCUT2D eigenvalue weighted by atomic mass is 35.5. The SMILES string of the molecule is N#CC1(c2ccc(CC(=O)c3ccc(-c4ccc(Cl)cc4)o3)cn2)CCC(O)CC1. The van der Waals surface area contributed by atoms with Crippen LogP contribution in [0.25, 0.3) is 11.3 Å². The molecule has 0 unspecified atom stereocenters. The summed E-state index contributed by atoms with van der Waals surface area (Å²) in [5, 5.41) is 20.1. The van der Waals surface area contributed by atoms with Crippen LogP contribution in [0.5, 0.6) is 0 Å². The first-order valence-corrected chi connectivity index (χ1v) is 10.3. The van der Waals surface area contributed by atoms with Gasteiger partial charge in [-0.25, -0.2) is 0 Å². The number of Topliss-reactive ketones (excluding diaryl/α,β-unsaturated/α-hetero) is 1. The van der Waals surface area contributed by atoms with Crippen LogP contribution < -0.4 is 0 Å². The predicted molar refractivity (Wildman–Crippen MR) is 113 cm³/mol. The monoisotopic (exact) mass is 420 g/mol. The Morgan fingerprint density at radius 2 is 1.90 bits per heavy atom. The fourth-order valence-corrected chi connectivity index (χ4v) is 3.99.